The first-order valence-corrected chi connectivity index (χ1v) is 8.99. The Kier molecular flexibility index (Phi) is 10.2. The Hall–Kier alpha value is -1.26. The van der Waals surface area contributed by atoms with Gasteiger partial charge in [0.15, 0.2) is 17.5 Å². The van der Waals surface area contributed by atoms with Crippen LogP contribution in [-0.4, -0.2) is 70.5 Å². The smallest absolute Gasteiger partial charge is 0.191 e. The summed E-state index contributed by atoms with van der Waals surface area (Å²) in [5.74, 6) is 2.23. The maximum atomic E-state index is 5.48. The number of hydrogen-bond donors (Lipinski definition) is 2. The lowest BCUT2D eigenvalue weighted by atomic mass is 10.0. The highest BCUT2D eigenvalue weighted by molar-refractivity contribution is 14.0. The molecule has 1 aliphatic rings. The van der Waals surface area contributed by atoms with Gasteiger partial charge in [-0.05, 0) is 19.9 Å². The van der Waals surface area contributed by atoms with E-state index in [0.29, 0.717) is 6.54 Å². The molecule has 1 aromatic carbocycles. The molecule has 1 saturated heterocycles. The van der Waals surface area contributed by atoms with Gasteiger partial charge in [0, 0.05) is 44.3 Å². The van der Waals surface area contributed by atoms with Gasteiger partial charge in [0.2, 0.25) is 0 Å². The fourth-order valence-electron chi connectivity index (χ4n) is 3.07. The maximum absolute atomic E-state index is 5.48. The van der Waals surface area contributed by atoms with Crippen LogP contribution >= 0.6 is 24.0 Å². The van der Waals surface area contributed by atoms with Crippen LogP contribution in [0.4, 0.5) is 0 Å². The van der Waals surface area contributed by atoms with E-state index in [0.717, 1.165) is 55.9 Å². The van der Waals surface area contributed by atoms with Crippen molar-refractivity contribution in [3.8, 4) is 11.5 Å². The van der Waals surface area contributed by atoms with E-state index in [-0.39, 0.29) is 29.5 Å². The van der Waals surface area contributed by atoms with Crippen LogP contribution in [0.3, 0.4) is 0 Å². The molecule has 0 unspecified atom stereocenters. The molecule has 2 rings (SSSR count). The standard InChI is InChI=1S/C19H32N4O3.HI/c1-19(2,23-9-11-26-12-10-23)14-22-18(20-3)21-13-15-7-6-8-16(24-4)17(15)25-5;/h6-8H,9-14H2,1-5H3,(H2,20,21,22);1H. The summed E-state index contributed by atoms with van der Waals surface area (Å²) >= 11 is 0. The van der Waals surface area contributed by atoms with Crippen LogP contribution in [0.1, 0.15) is 19.4 Å². The quantitative estimate of drug-likeness (QED) is 0.346. The minimum absolute atomic E-state index is 0. The average Bonchev–Trinajstić information content (AvgIpc) is 2.68. The van der Waals surface area contributed by atoms with Crippen molar-refractivity contribution in [1.82, 2.24) is 15.5 Å². The van der Waals surface area contributed by atoms with E-state index >= 15 is 0 Å². The van der Waals surface area contributed by atoms with E-state index in [2.05, 4.69) is 34.4 Å². The number of morpholine rings is 1. The number of hydrogen-bond acceptors (Lipinski definition) is 5. The van der Waals surface area contributed by atoms with Gasteiger partial charge in [-0.2, -0.15) is 0 Å². The third kappa shape index (κ3) is 6.69. The molecule has 8 heteroatoms. The highest BCUT2D eigenvalue weighted by atomic mass is 127. The summed E-state index contributed by atoms with van der Waals surface area (Å²) in [6.07, 6.45) is 0. The van der Waals surface area contributed by atoms with Gasteiger partial charge >= 0.3 is 0 Å². The van der Waals surface area contributed by atoms with E-state index in [1.807, 2.05) is 18.2 Å². The molecule has 0 amide bonds. The van der Waals surface area contributed by atoms with Gasteiger partial charge in [0.05, 0.1) is 27.4 Å². The predicted molar refractivity (Wildman–Crippen MR) is 120 cm³/mol. The largest absolute Gasteiger partial charge is 0.493 e. The molecule has 0 atom stereocenters. The lowest BCUT2D eigenvalue weighted by Gasteiger charge is -2.41. The fourth-order valence-corrected chi connectivity index (χ4v) is 3.07. The van der Waals surface area contributed by atoms with Crippen molar-refractivity contribution in [3.63, 3.8) is 0 Å². The molecule has 0 bridgehead atoms. The Morgan fingerprint density at radius 2 is 1.89 bits per heavy atom. The Balaban J connectivity index is 0.00000364. The molecular formula is C19H33IN4O3. The number of nitrogens with one attached hydrogen (secondary N) is 2. The third-order valence-electron chi connectivity index (χ3n) is 4.71. The lowest BCUT2D eigenvalue weighted by Crippen LogP contribution is -2.56. The minimum atomic E-state index is 0. The topological polar surface area (TPSA) is 67.4 Å². The molecule has 0 radical (unpaired) electrons. The Morgan fingerprint density at radius 1 is 1.19 bits per heavy atom. The molecule has 154 valence electrons. The van der Waals surface area contributed by atoms with E-state index in [9.17, 15) is 0 Å². The number of benzene rings is 1. The summed E-state index contributed by atoms with van der Waals surface area (Å²) in [5.41, 5.74) is 1.04. The van der Waals surface area contributed by atoms with Crippen molar-refractivity contribution < 1.29 is 14.2 Å². The molecule has 2 N–H and O–H groups in total. The second-order valence-electron chi connectivity index (χ2n) is 6.84. The number of para-hydroxylation sites is 1. The normalized spacial score (nSPS) is 15.7. The summed E-state index contributed by atoms with van der Waals surface area (Å²) in [7, 11) is 5.07. The highest BCUT2D eigenvalue weighted by Gasteiger charge is 2.28. The highest BCUT2D eigenvalue weighted by Crippen LogP contribution is 2.30. The van der Waals surface area contributed by atoms with Crippen LogP contribution < -0.4 is 20.1 Å². The van der Waals surface area contributed by atoms with Gasteiger partial charge in [0.1, 0.15) is 0 Å². The number of aliphatic imine (C=N–C) groups is 1. The molecule has 1 aromatic rings. The summed E-state index contributed by atoms with van der Waals surface area (Å²) in [6.45, 7) is 9.38. The first kappa shape index (κ1) is 23.8. The van der Waals surface area contributed by atoms with Crippen molar-refractivity contribution in [2.24, 2.45) is 4.99 Å². The monoisotopic (exact) mass is 492 g/mol. The van der Waals surface area contributed by atoms with Gasteiger partial charge in [-0.3, -0.25) is 9.89 Å². The summed E-state index contributed by atoms with van der Waals surface area (Å²) < 4.78 is 16.3. The predicted octanol–water partition coefficient (Wildman–Crippen LogP) is 2.10. The molecule has 0 spiro atoms. The second kappa shape index (κ2) is 11.6. The van der Waals surface area contributed by atoms with Gasteiger partial charge < -0.3 is 24.8 Å². The summed E-state index contributed by atoms with van der Waals surface area (Å²) in [4.78, 5) is 6.77. The molecular weight excluding hydrogens is 459 g/mol. The Morgan fingerprint density at radius 3 is 2.48 bits per heavy atom. The molecule has 0 saturated carbocycles. The second-order valence-corrected chi connectivity index (χ2v) is 6.84. The SMILES string of the molecule is CN=C(NCc1cccc(OC)c1OC)NCC(C)(C)N1CCOCC1.I. The first-order chi connectivity index (χ1) is 12.5. The molecule has 1 aliphatic heterocycles. The number of methoxy groups -OCH3 is 2. The third-order valence-corrected chi connectivity index (χ3v) is 4.71. The first-order valence-electron chi connectivity index (χ1n) is 8.99. The molecule has 1 fully saturated rings. The van der Waals surface area contributed by atoms with Crippen LogP contribution in [0.2, 0.25) is 0 Å². The van der Waals surface area contributed by atoms with E-state index < -0.39 is 0 Å². The number of rotatable bonds is 7. The Labute approximate surface area is 179 Å². The zero-order chi connectivity index (χ0) is 19.0. The van der Waals surface area contributed by atoms with Gasteiger partial charge in [-0.25, -0.2) is 0 Å². The minimum Gasteiger partial charge on any atom is -0.493 e. The van der Waals surface area contributed by atoms with Crippen molar-refractivity contribution in [2.45, 2.75) is 25.9 Å². The fraction of sp³-hybridized carbons (Fsp3) is 0.632. The van der Waals surface area contributed by atoms with Gasteiger partial charge in [-0.15, -0.1) is 24.0 Å². The number of guanidine groups is 1. The Bertz CT molecular complexity index is 605. The van der Waals surface area contributed by atoms with Crippen LogP contribution in [0.25, 0.3) is 0 Å². The number of nitrogens with zero attached hydrogens (tertiary/aromatic N) is 2. The zero-order valence-electron chi connectivity index (χ0n) is 17.0. The van der Waals surface area contributed by atoms with Crippen LogP contribution in [0.15, 0.2) is 23.2 Å². The molecule has 0 aliphatic carbocycles. The lowest BCUT2D eigenvalue weighted by molar-refractivity contribution is -0.00834. The average molecular weight is 492 g/mol. The van der Waals surface area contributed by atoms with Crippen LogP contribution in [0, 0.1) is 0 Å². The number of ether oxygens (including phenoxy) is 3. The van der Waals surface area contributed by atoms with Crippen molar-refractivity contribution in [1.29, 1.82) is 0 Å². The van der Waals surface area contributed by atoms with E-state index in [4.69, 9.17) is 14.2 Å². The zero-order valence-corrected chi connectivity index (χ0v) is 19.3. The molecule has 7 nitrogen and oxygen atoms in total. The maximum Gasteiger partial charge on any atom is 0.191 e. The molecule has 0 aromatic heterocycles. The van der Waals surface area contributed by atoms with Crippen LogP contribution in [-0.2, 0) is 11.3 Å². The summed E-state index contributed by atoms with van der Waals surface area (Å²) in [5, 5.41) is 6.78. The van der Waals surface area contributed by atoms with E-state index in [1.54, 1.807) is 21.3 Å². The van der Waals surface area contributed by atoms with Gasteiger partial charge in [-0.1, -0.05) is 12.1 Å². The molecule has 1 heterocycles. The van der Waals surface area contributed by atoms with Crippen molar-refractivity contribution in [2.75, 3.05) is 54.1 Å². The van der Waals surface area contributed by atoms with Crippen molar-refractivity contribution >= 4 is 29.9 Å². The van der Waals surface area contributed by atoms with Crippen molar-refractivity contribution in [3.05, 3.63) is 23.8 Å². The van der Waals surface area contributed by atoms with Gasteiger partial charge in [0.25, 0.3) is 0 Å². The van der Waals surface area contributed by atoms with Crippen LogP contribution in [0.5, 0.6) is 11.5 Å². The number of halogens is 1. The molecule has 27 heavy (non-hydrogen) atoms. The summed E-state index contributed by atoms with van der Waals surface area (Å²) in [6, 6.07) is 5.86. The van der Waals surface area contributed by atoms with E-state index in [1.165, 1.54) is 0 Å².